The third-order valence-corrected chi connectivity index (χ3v) is 5.97. The number of unbranched alkanes of at least 4 members (excludes halogenated alkanes) is 2. The smallest absolute Gasteiger partial charge is 0.306 e. The van der Waals surface area contributed by atoms with Crippen LogP contribution in [0.15, 0.2) is 24.3 Å². The molecule has 2 rings (SSSR count). The minimum Gasteiger partial charge on any atom is -0.459 e. The Morgan fingerprint density at radius 3 is 2.42 bits per heavy atom. The molecule has 0 amide bonds. The Balaban J connectivity index is 1.57. The second kappa shape index (κ2) is 10.6. The first-order valence-electron chi connectivity index (χ1n) is 10.6. The number of benzene rings is 1. The first-order valence-corrected chi connectivity index (χ1v) is 10.6. The fourth-order valence-corrected chi connectivity index (χ4v) is 3.81. The molecule has 0 aliphatic heterocycles. The molecular weight excluding hydrogens is 322 g/mol. The molecule has 1 N–H and O–H groups in total. The third kappa shape index (κ3) is 6.34. The number of hydrogen-bond donors (Lipinski definition) is 1. The molecule has 1 aliphatic rings. The molecule has 1 unspecified atom stereocenters. The summed E-state index contributed by atoms with van der Waals surface area (Å²) >= 11 is 0. The van der Waals surface area contributed by atoms with Crippen LogP contribution in [0.5, 0.6) is 0 Å². The highest BCUT2D eigenvalue weighted by Crippen LogP contribution is 2.36. The van der Waals surface area contributed by atoms with Gasteiger partial charge in [-0.05, 0) is 75.0 Å². The Labute approximate surface area is 159 Å². The van der Waals surface area contributed by atoms with Gasteiger partial charge in [0.25, 0.3) is 0 Å². The lowest BCUT2D eigenvalue weighted by Crippen LogP contribution is -2.31. The first kappa shape index (κ1) is 20.8. The van der Waals surface area contributed by atoms with Gasteiger partial charge in [0.2, 0.25) is 0 Å². The lowest BCUT2D eigenvalue weighted by Gasteiger charge is -2.27. The van der Waals surface area contributed by atoms with E-state index in [-0.39, 0.29) is 11.6 Å². The van der Waals surface area contributed by atoms with Gasteiger partial charge in [0.1, 0.15) is 5.60 Å². The van der Waals surface area contributed by atoms with Gasteiger partial charge in [0.15, 0.2) is 0 Å². The van der Waals surface area contributed by atoms with E-state index >= 15 is 0 Å². The molecule has 1 aromatic rings. The molecule has 1 atom stereocenters. The highest BCUT2D eigenvalue weighted by Gasteiger charge is 2.35. The summed E-state index contributed by atoms with van der Waals surface area (Å²) in [5.41, 5.74) is 2.45. The Kier molecular flexibility index (Phi) is 8.47. The molecule has 26 heavy (non-hydrogen) atoms. The Morgan fingerprint density at radius 1 is 1.12 bits per heavy atom. The van der Waals surface area contributed by atoms with E-state index in [1.807, 2.05) is 0 Å². The minimum atomic E-state index is -0.139. The van der Waals surface area contributed by atoms with Crippen molar-refractivity contribution < 1.29 is 9.53 Å². The van der Waals surface area contributed by atoms with Crippen LogP contribution in [-0.4, -0.2) is 18.1 Å². The summed E-state index contributed by atoms with van der Waals surface area (Å²) in [5, 5.41) is 3.47. The van der Waals surface area contributed by atoms with Crippen molar-refractivity contribution in [1.29, 1.82) is 0 Å². The van der Waals surface area contributed by atoms with Gasteiger partial charge >= 0.3 is 5.97 Å². The van der Waals surface area contributed by atoms with Gasteiger partial charge < -0.3 is 10.1 Å². The summed E-state index contributed by atoms with van der Waals surface area (Å²) < 4.78 is 5.81. The van der Waals surface area contributed by atoms with Crippen molar-refractivity contribution in [3.05, 3.63) is 29.8 Å². The van der Waals surface area contributed by atoms with Crippen molar-refractivity contribution in [2.75, 3.05) is 11.9 Å². The number of carbonyl (C=O) groups is 1. The molecule has 3 nitrogen and oxygen atoms in total. The van der Waals surface area contributed by atoms with Crippen LogP contribution in [0.4, 0.5) is 5.69 Å². The van der Waals surface area contributed by atoms with Crippen molar-refractivity contribution in [2.45, 2.75) is 96.5 Å². The first-order chi connectivity index (χ1) is 12.6. The molecule has 0 heterocycles. The fourth-order valence-electron chi connectivity index (χ4n) is 3.81. The predicted octanol–water partition coefficient (Wildman–Crippen LogP) is 6.44. The molecular formula is C23H37NO2. The van der Waals surface area contributed by atoms with E-state index in [2.05, 4.69) is 50.4 Å². The van der Waals surface area contributed by atoms with Crippen LogP contribution >= 0.6 is 0 Å². The number of anilines is 1. The van der Waals surface area contributed by atoms with Crippen LogP contribution in [-0.2, 0) is 9.53 Å². The molecule has 3 heteroatoms. The van der Waals surface area contributed by atoms with Gasteiger partial charge in [0, 0.05) is 18.7 Å². The van der Waals surface area contributed by atoms with Gasteiger partial charge in [-0.15, -0.1) is 0 Å². The lowest BCUT2D eigenvalue weighted by atomic mass is 9.98. The highest BCUT2D eigenvalue weighted by molar-refractivity contribution is 5.69. The maximum atomic E-state index is 12.1. The van der Waals surface area contributed by atoms with Crippen molar-refractivity contribution in [2.24, 2.45) is 0 Å². The Hall–Kier alpha value is -1.51. The van der Waals surface area contributed by atoms with Crippen LogP contribution in [0.3, 0.4) is 0 Å². The molecule has 1 aromatic carbocycles. The summed E-state index contributed by atoms with van der Waals surface area (Å²) in [4.78, 5) is 12.1. The lowest BCUT2D eigenvalue weighted by molar-refractivity contribution is -0.159. The molecule has 1 saturated carbocycles. The molecule has 0 bridgehead atoms. The van der Waals surface area contributed by atoms with Crippen molar-refractivity contribution in [3.63, 3.8) is 0 Å². The van der Waals surface area contributed by atoms with Crippen molar-refractivity contribution in [1.82, 2.24) is 0 Å². The average molecular weight is 360 g/mol. The van der Waals surface area contributed by atoms with E-state index in [4.69, 9.17) is 4.74 Å². The molecule has 0 spiro atoms. The Morgan fingerprint density at radius 2 is 1.81 bits per heavy atom. The molecule has 1 aliphatic carbocycles. The summed E-state index contributed by atoms with van der Waals surface area (Å²) in [6, 6.07) is 8.79. The normalized spacial score (nSPS) is 17.0. The number of carbonyl (C=O) groups excluding carboxylic acids is 1. The van der Waals surface area contributed by atoms with Crippen LogP contribution in [0.25, 0.3) is 0 Å². The number of hydrogen-bond acceptors (Lipinski definition) is 3. The van der Waals surface area contributed by atoms with Crippen LogP contribution in [0.1, 0.15) is 96.5 Å². The molecule has 1 fully saturated rings. The van der Waals surface area contributed by atoms with E-state index in [0.29, 0.717) is 12.3 Å². The number of esters is 1. The van der Waals surface area contributed by atoms with Crippen LogP contribution < -0.4 is 5.32 Å². The summed E-state index contributed by atoms with van der Waals surface area (Å²) in [6.45, 7) is 7.58. The van der Waals surface area contributed by atoms with Crippen molar-refractivity contribution in [3.8, 4) is 0 Å². The highest BCUT2D eigenvalue weighted by atomic mass is 16.6. The summed E-state index contributed by atoms with van der Waals surface area (Å²) in [6.07, 6.45) is 10.3. The molecule has 0 radical (unpaired) electrons. The zero-order chi connectivity index (χ0) is 18.8. The summed E-state index contributed by atoms with van der Waals surface area (Å²) in [7, 11) is 0. The largest absolute Gasteiger partial charge is 0.459 e. The molecule has 0 saturated heterocycles. The molecule has 146 valence electrons. The van der Waals surface area contributed by atoms with E-state index in [1.165, 1.54) is 30.5 Å². The van der Waals surface area contributed by atoms with Crippen LogP contribution in [0, 0.1) is 0 Å². The van der Waals surface area contributed by atoms with Gasteiger partial charge in [-0.3, -0.25) is 4.79 Å². The van der Waals surface area contributed by atoms with Crippen molar-refractivity contribution >= 4 is 11.7 Å². The topological polar surface area (TPSA) is 38.3 Å². The SMILES string of the molecule is CCC(C)c1ccc(NCCCCCC(=O)OC2(CC)CCCC2)cc1. The van der Waals surface area contributed by atoms with E-state index in [1.54, 1.807) is 0 Å². The van der Waals surface area contributed by atoms with Crippen LogP contribution in [0.2, 0.25) is 0 Å². The zero-order valence-corrected chi connectivity index (χ0v) is 17.0. The average Bonchev–Trinajstić information content (AvgIpc) is 3.13. The number of ether oxygens (including phenoxy) is 1. The quantitative estimate of drug-likeness (QED) is 0.365. The van der Waals surface area contributed by atoms with Gasteiger partial charge in [-0.1, -0.05) is 39.3 Å². The maximum absolute atomic E-state index is 12.1. The minimum absolute atomic E-state index is 0.00217. The van der Waals surface area contributed by atoms with Gasteiger partial charge in [0.05, 0.1) is 0 Å². The monoisotopic (exact) mass is 359 g/mol. The van der Waals surface area contributed by atoms with Gasteiger partial charge in [-0.25, -0.2) is 0 Å². The van der Waals surface area contributed by atoms with E-state index in [0.717, 1.165) is 45.1 Å². The second-order valence-electron chi connectivity index (χ2n) is 7.89. The zero-order valence-electron chi connectivity index (χ0n) is 17.0. The number of nitrogens with one attached hydrogen (secondary N) is 1. The van der Waals surface area contributed by atoms with Gasteiger partial charge in [-0.2, -0.15) is 0 Å². The third-order valence-electron chi connectivity index (χ3n) is 5.97. The standard InChI is InChI=1S/C23H37NO2/c1-4-19(3)20-12-14-21(15-13-20)24-18-10-6-7-11-22(25)26-23(5-2)16-8-9-17-23/h12-15,19,24H,4-11,16-18H2,1-3H3. The number of rotatable bonds is 11. The van der Waals surface area contributed by atoms with E-state index < -0.39 is 0 Å². The summed E-state index contributed by atoms with van der Waals surface area (Å²) in [5.74, 6) is 0.627. The fraction of sp³-hybridized carbons (Fsp3) is 0.696. The Bertz CT molecular complexity index is 532. The molecule has 0 aromatic heterocycles. The predicted molar refractivity (Wildman–Crippen MR) is 110 cm³/mol. The van der Waals surface area contributed by atoms with E-state index in [9.17, 15) is 4.79 Å². The maximum Gasteiger partial charge on any atom is 0.306 e. The second-order valence-corrected chi connectivity index (χ2v) is 7.89.